The number of carboxylic acids is 1. The highest BCUT2D eigenvalue weighted by molar-refractivity contribution is 6.30. The number of ether oxygens (including phenoxy) is 2. The van der Waals surface area contributed by atoms with Crippen LogP contribution in [0, 0.1) is 0 Å². The minimum Gasteiger partial charge on any atom is -0.479 e. The molecule has 2 aromatic rings. The zero-order valence-corrected chi connectivity index (χ0v) is 16.6. The Bertz CT molecular complexity index is 774. The molecule has 2 aromatic carbocycles. The summed E-state index contributed by atoms with van der Waals surface area (Å²) < 4.78 is 10.6. The third-order valence-electron chi connectivity index (χ3n) is 3.88. The molecule has 7 heteroatoms. The van der Waals surface area contributed by atoms with Crippen LogP contribution in [0.3, 0.4) is 0 Å². The number of rotatable bonds is 9. The van der Waals surface area contributed by atoms with E-state index >= 15 is 0 Å². The second kappa shape index (κ2) is 10.7. The summed E-state index contributed by atoms with van der Waals surface area (Å²) in [5, 5.41) is 12.5. The number of carbonyl (C=O) groups excluding carboxylic acids is 1. The molecule has 1 atom stereocenters. The first kappa shape index (κ1) is 21.7. The second-order valence-electron chi connectivity index (χ2n) is 6.59. The SMILES string of the molecule is CC(C)OC(Cc1ccc(COC(=O)NCc2ccc(Cl)cc2)cc1)C(=O)O. The van der Waals surface area contributed by atoms with Crippen LogP contribution in [-0.4, -0.2) is 29.4 Å². The minimum absolute atomic E-state index is 0.123. The van der Waals surface area contributed by atoms with Crippen molar-refractivity contribution in [3.8, 4) is 0 Å². The third kappa shape index (κ3) is 7.58. The predicted molar refractivity (Wildman–Crippen MR) is 106 cm³/mol. The van der Waals surface area contributed by atoms with Crippen molar-refractivity contribution in [2.45, 2.75) is 45.6 Å². The first-order chi connectivity index (χ1) is 13.3. The van der Waals surface area contributed by atoms with Gasteiger partial charge in [0.2, 0.25) is 0 Å². The Hall–Kier alpha value is -2.57. The van der Waals surface area contributed by atoms with Crippen LogP contribution in [0.4, 0.5) is 4.79 Å². The zero-order valence-electron chi connectivity index (χ0n) is 15.9. The molecule has 0 aliphatic heterocycles. The Balaban J connectivity index is 1.79. The van der Waals surface area contributed by atoms with Gasteiger partial charge in [0.15, 0.2) is 6.10 Å². The molecule has 0 radical (unpaired) electrons. The molecule has 0 fully saturated rings. The van der Waals surface area contributed by atoms with Gasteiger partial charge in [0, 0.05) is 18.0 Å². The van der Waals surface area contributed by atoms with Crippen molar-refractivity contribution in [2.75, 3.05) is 0 Å². The smallest absolute Gasteiger partial charge is 0.407 e. The molecule has 0 aromatic heterocycles. The van der Waals surface area contributed by atoms with E-state index in [-0.39, 0.29) is 19.1 Å². The number of carbonyl (C=O) groups is 2. The number of nitrogens with one attached hydrogen (secondary N) is 1. The van der Waals surface area contributed by atoms with Gasteiger partial charge in [-0.05, 0) is 42.7 Å². The summed E-state index contributed by atoms with van der Waals surface area (Å²) in [5.41, 5.74) is 2.56. The minimum atomic E-state index is -0.988. The van der Waals surface area contributed by atoms with Crippen molar-refractivity contribution in [2.24, 2.45) is 0 Å². The highest BCUT2D eigenvalue weighted by atomic mass is 35.5. The van der Waals surface area contributed by atoms with Crippen LogP contribution in [0.1, 0.15) is 30.5 Å². The lowest BCUT2D eigenvalue weighted by Crippen LogP contribution is -2.29. The van der Waals surface area contributed by atoms with Crippen molar-refractivity contribution < 1.29 is 24.2 Å². The lowest BCUT2D eigenvalue weighted by Gasteiger charge is -2.16. The van der Waals surface area contributed by atoms with Gasteiger partial charge in [-0.3, -0.25) is 0 Å². The van der Waals surface area contributed by atoms with Crippen LogP contribution in [-0.2, 0) is 33.8 Å². The molecule has 0 heterocycles. The first-order valence-corrected chi connectivity index (χ1v) is 9.32. The molecule has 2 rings (SSSR count). The average Bonchev–Trinajstić information content (AvgIpc) is 2.66. The summed E-state index contributed by atoms with van der Waals surface area (Å²) in [7, 11) is 0. The average molecular weight is 406 g/mol. The Morgan fingerprint density at radius 1 is 1.00 bits per heavy atom. The van der Waals surface area contributed by atoms with Gasteiger partial charge < -0.3 is 19.9 Å². The van der Waals surface area contributed by atoms with E-state index in [1.165, 1.54) is 0 Å². The normalized spacial score (nSPS) is 11.9. The molecular formula is C21H24ClNO5. The largest absolute Gasteiger partial charge is 0.479 e. The van der Waals surface area contributed by atoms with E-state index in [1.807, 2.05) is 24.3 Å². The Kier molecular flexibility index (Phi) is 8.29. The fraction of sp³-hybridized carbons (Fsp3) is 0.333. The Morgan fingerprint density at radius 2 is 1.57 bits per heavy atom. The molecule has 0 saturated carbocycles. The lowest BCUT2D eigenvalue weighted by molar-refractivity contribution is -0.153. The number of amides is 1. The van der Waals surface area contributed by atoms with Crippen LogP contribution < -0.4 is 5.32 Å². The van der Waals surface area contributed by atoms with E-state index in [4.69, 9.17) is 21.1 Å². The molecular weight excluding hydrogens is 382 g/mol. The van der Waals surface area contributed by atoms with Crippen molar-refractivity contribution in [3.05, 3.63) is 70.2 Å². The number of benzene rings is 2. The number of carboxylic acid groups (broad SMARTS) is 1. The molecule has 28 heavy (non-hydrogen) atoms. The maximum atomic E-state index is 11.8. The van der Waals surface area contributed by atoms with E-state index in [1.54, 1.807) is 38.1 Å². The van der Waals surface area contributed by atoms with Crippen LogP contribution in [0.5, 0.6) is 0 Å². The summed E-state index contributed by atoms with van der Waals surface area (Å²) in [6, 6.07) is 14.4. The molecule has 0 saturated heterocycles. The molecule has 0 bridgehead atoms. The zero-order chi connectivity index (χ0) is 20.5. The number of alkyl carbamates (subject to hydrolysis) is 1. The van der Waals surface area contributed by atoms with E-state index in [0.29, 0.717) is 11.6 Å². The summed E-state index contributed by atoms with van der Waals surface area (Å²) in [6.45, 7) is 4.07. The second-order valence-corrected chi connectivity index (χ2v) is 7.02. The molecule has 1 unspecified atom stereocenters. The Morgan fingerprint density at radius 3 is 2.14 bits per heavy atom. The van der Waals surface area contributed by atoms with Crippen LogP contribution in [0.25, 0.3) is 0 Å². The summed E-state index contributed by atoms with van der Waals surface area (Å²) in [5.74, 6) is -0.988. The van der Waals surface area contributed by atoms with Crippen molar-refractivity contribution >= 4 is 23.7 Å². The van der Waals surface area contributed by atoms with E-state index < -0.39 is 18.2 Å². The predicted octanol–water partition coefficient (Wildman–Crippen LogP) is 4.19. The number of hydrogen-bond acceptors (Lipinski definition) is 4. The fourth-order valence-electron chi connectivity index (χ4n) is 2.48. The first-order valence-electron chi connectivity index (χ1n) is 8.94. The topological polar surface area (TPSA) is 84.9 Å². The highest BCUT2D eigenvalue weighted by Gasteiger charge is 2.20. The summed E-state index contributed by atoms with van der Waals surface area (Å²) in [4.78, 5) is 23.1. The standard InChI is InChI=1S/C21H24ClNO5/c1-14(2)28-19(20(24)25)11-15-3-5-17(6-4-15)13-27-21(26)23-12-16-7-9-18(22)10-8-16/h3-10,14,19H,11-13H2,1-2H3,(H,23,26)(H,24,25). The number of halogens is 1. The summed E-state index contributed by atoms with van der Waals surface area (Å²) >= 11 is 5.82. The Labute approximate surface area is 169 Å². The molecule has 1 amide bonds. The third-order valence-corrected chi connectivity index (χ3v) is 4.13. The van der Waals surface area contributed by atoms with Crippen molar-refractivity contribution in [1.29, 1.82) is 0 Å². The van der Waals surface area contributed by atoms with Crippen LogP contribution in [0.2, 0.25) is 5.02 Å². The number of hydrogen-bond donors (Lipinski definition) is 2. The van der Waals surface area contributed by atoms with Gasteiger partial charge in [-0.2, -0.15) is 0 Å². The highest BCUT2D eigenvalue weighted by Crippen LogP contribution is 2.12. The fourth-order valence-corrected chi connectivity index (χ4v) is 2.61. The van der Waals surface area contributed by atoms with Gasteiger partial charge in [-0.25, -0.2) is 9.59 Å². The molecule has 6 nitrogen and oxygen atoms in total. The molecule has 0 aliphatic rings. The quantitative estimate of drug-likeness (QED) is 0.653. The van der Waals surface area contributed by atoms with E-state index in [2.05, 4.69) is 5.32 Å². The van der Waals surface area contributed by atoms with Crippen LogP contribution >= 0.6 is 11.6 Å². The van der Waals surface area contributed by atoms with Gasteiger partial charge in [0.25, 0.3) is 0 Å². The maximum absolute atomic E-state index is 11.8. The number of aliphatic carboxylic acids is 1. The van der Waals surface area contributed by atoms with Gasteiger partial charge in [-0.1, -0.05) is 48.0 Å². The van der Waals surface area contributed by atoms with Gasteiger partial charge >= 0.3 is 12.1 Å². The van der Waals surface area contributed by atoms with E-state index in [9.17, 15) is 14.7 Å². The van der Waals surface area contributed by atoms with Crippen molar-refractivity contribution in [1.82, 2.24) is 5.32 Å². The van der Waals surface area contributed by atoms with Crippen molar-refractivity contribution in [3.63, 3.8) is 0 Å². The molecule has 2 N–H and O–H groups in total. The molecule has 150 valence electrons. The maximum Gasteiger partial charge on any atom is 0.407 e. The monoisotopic (exact) mass is 405 g/mol. The van der Waals surface area contributed by atoms with Gasteiger partial charge in [-0.15, -0.1) is 0 Å². The van der Waals surface area contributed by atoms with Crippen LogP contribution in [0.15, 0.2) is 48.5 Å². The lowest BCUT2D eigenvalue weighted by atomic mass is 10.1. The summed E-state index contributed by atoms with van der Waals surface area (Å²) in [6.07, 6.45) is -1.30. The van der Waals surface area contributed by atoms with Gasteiger partial charge in [0.1, 0.15) is 6.61 Å². The molecule has 0 spiro atoms. The van der Waals surface area contributed by atoms with Gasteiger partial charge in [0.05, 0.1) is 6.10 Å². The molecule has 0 aliphatic carbocycles. The van der Waals surface area contributed by atoms with E-state index in [0.717, 1.165) is 16.7 Å².